The van der Waals surface area contributed by atoms with Gasteiger partial charge < -0.3 is 4.42 Å². The summed E-state index contributed by atoms with van der Waals surface area (Å²) < 4.78 is 5.22. The Balaban J connectivity index is 2.52. The molecule has 0 fully saturated rings. The Kier molecular flexibility index (Phi) is 4.15. The van der Waals surface area contributed by atoms with Crippen LogP contribution in [0.1, 0.15) is 12.7 Å². The fourth-order valence-electron chi connectivity index (χ4n) is 1.13. The summed E-state index contributed by atoms with van der Waals surface area (Å²) in [5.74, 6) is 0.913. The van der Waals surface area contributed by atoms with Crippen molar-refractivity contribution in [3.8, 4) is 0 Å². The maximum Gasteiger partial charge on any atom is 0.126 e. The Morgan fingerprint density at radius 2 is 2.13 bits per heavy atom. The third-order valence-corrected chi connectivity index (χ3v) is 3.52. The highest BCUT2D eigenvalue weighted by atomic mass is 28.3. The fraction of sp³-hybridized carbons (Fsp3) is 0.385. The van der Waals surface area contributed by atoms with Crippen molar-refractivity contribution in [1.82, 2.24) is 0 Å². The molecule has 0 saturated heterocycles. The molecule has 1 rings (SSSR count). The van der Waals surface area contributed by atoms with Crippen LogP contribution in [0.3, 0.4) is 0 Å². The Bertz CT molecular complexity index is 339. The van der Waals surface area contributed by atoms with Gasteiger partial charge in [-0.2, -0.15) is 0 Å². The monoisotopic (exact) mass is 220 g/mol. The molecule has 82 valence electrons. The predicted octanol–water partition coefficient (Wildman–Crippen LogP) is 4.58. The van der Waals surface area contributed by atoms with Gasteiger partial charge in [-0.05, 0) is 31.2 Å². The van der Waals surface area contributed by atoms with Gasteiger partial charge in [-0.25, -0.2) is 0 Å². The number of allylic oxidation sites excluding steroid dienone is 3. The molecule has 0 spiro atoms. The maximum absolute atomic E-state index is 5.22. The summed E-state index contributed by atoms with van der Waals surface area (Å²) in [6.07, 6.45) is 8.14. The first-order chi connectivity index (χ1) is 6.97. The molecule has 0 aliphatic carbocycles. The van der Waals surface area contributed by atoms with Gasteiger partial charge in [0.25, 0.3) is 0 Å². The van der Waals surface area contributed by atoms with Crippen LogP contribution in [0.4, 0.5) is 0 Å². The molecule has 0 amide bonds. The lowest BCUT2D eigenvalue weighted by Gasteiger charge is -2.12. The second-order valence-electron chi connectivity index (χ2n) is 5.06. The molecule has 0 bridgehead atoms. The predicted molar refractivity (Wildman–Crippen MR) is 69.7 cm³/mol. The molecule has 2 heteroatoms. The molecule has 0 radical (unpaired) electrons. The summed E-state index contributed by atoms with van der Waals surface area (Å²) in [5.41, 5.74) is 1.31. The average Bonchev–Trinajstić information content (AvgIpc) is 2.62. The van der Waals surface area contributed by atoms with E-state index in [0.717, 1.165) is 5.76 Å². The van der Waals surface area contributed by atoms with Crippen molar-refractivity contribution in [3.05, 3.63) is 41.9 Å². The van der Waals surface area contributed by atoms with Gasteiger partial charge in [-0.3, -0.25) is 0 Å². The zero-order chi connectivity index (χ0) is 11.3. The van der Waals surface area contributed by atoms with E-state index in [0.29, 0.717) is 0 Å². The summed E-state index contributed by atoms with van der Waals surface area (Å²) in [7, 11) is -0.949. The van der Waals surface area contributed by atoms with E-state index in [4.69, 9.17) is 4.42 Å². The van der Waals surface area contributed by atoms with Crippen LogP contribution in [0.15, 0.2) is 40.5 Å². The molecule has 0 atom stereocenters. The summed E-state index contributed by atoms with van der Waals surface area (Å²) in [4.78, 5) is 0. The minimum atomic E-state index is -0.949. The lowest BCUT2D eigenvalue weighted by molar-refractivity contribution is 0.557. The molecule has 0 unspecified atom stereocenters. The van der Waals surface area contributed by atoms with Crippen LogP contribution < -0.4 is 0 Å². The molecule has 0 aromatic carbocycles. The number of hydrogen-bond acceptors (Lipinski definition) is 1. The van der Waals surface area contributed by atoms with E-state index in [1.807, 2.05) is 18.2 Å². The van der Waals surface area contributed by atoms with E-state index in [2.05, 4.69) is 38.7 Å². The topological polar surface area (TPSA) is 13.1 Å². The Hall–Kier alpha value is -1.02. The first-order valence-corrected chi connectivity index (χ1v) is 9.06. The van der Waals surface area contributed by atoms with E-state index in [-0.39, 0.29) is 0 Å². The van der Waals surface area contributed by atoms with Gasteiger partial charge in [-0.1, -0.05) is 37.4 Å². The van der Waals surface area contributed by atoms with Crippen molar-refractivity contribution in [3.63, 3.8) is 0 Å². The van der Waals surface area contributed by atoms with Crippen LogP contribution >= 0.6 is 0 Å². The van der Waals surface area contributed by atoms with Gasteiger partial charge >= 0.3 is 0 Å². The number of hydrogen-bond donors (Lipinski definition) is 0. The molecule has 0 saturated carbocycles. The van der Waals surface area contributed by atoms with Gasteiger partial charge in [0.1, 0.15) is 5.76 Å². The van der Waals surface area contributed by atoms with E-state index in [9.17, 15) is 0 Å². The second-order valence-corrected chi connectivity index (χ2v) is 10.6. The lowest BCUT2D eigenvalue weighted by atomic mass is 10.2. The third-order valence-electron chi connectivity index (χ3n) is 2.09. The van der Waals surface area contributed by atoms with Gasteiger partial charge in [0.15, 0.2) is 0 Å². The standard InChI is InChI=1S/C13H20OSi/c1-12(9-11-15(2,3)4)7-8-13-6-5-10-14-13/h5-10H,11H2,1-4H3. The normalized spacial score (nSPS) is 13.7. The summed E-state index contributed by atoms with van der Waals surface area (Å²) in [5, 5.41) is 0. The second kappa shape index (κ2) is 5.17. The van der Waals surface area contributed by atoms with Gasteiger partial charge in [0.2, 0.25) is 0 Å². The van der Waals surface area contributed by atoms with Crippen LogP contribution in [0.2, 0.25) is 25.7 Å². The minimum Gasteiger partial charge on any atom is -0.465 e. The van der Waals surface area contributed by atoms with Crippen molar-refractivity contribution in [2.75, 3.05) is 0 Å². The maximum atomic E-state index is 5.22. The number of rotatable bonds is 4. The first kappa shape index (κ1) is 12.0. The molecule has 1 heterocycles. The molecule has 1 aromatic rings. The van der Waals surface area contributed by atoms with E-state index >= 15 is 0 Å². The van der Waals surface area contributed by atoms with E-state index in [1.165, 1.54) is 11.6 Å². The highest BCUT2D eigenvalue weighted by Gasteiger charge is 2.09. The van der Waals surface area contributed by atoms with Crippen LogP contribution in [0, 0.1) is 0 Å². The smallest absolute Gasteiger partial charge is 0.126 e. The lowest BCUT2D eigenvalue weighted by Crippen LogP contribution is -2.17. The van der Waals surface area contributed by atoms with Crippen LogP contribution in [-0.2, 0) is 0 Å². The Morgan fingerprint density at radius 3 is 2.67 bits per heavy atom. The highest BCUT2D eigenvalue weighted by Crippen LogP contribution is 2.12. The van der Waals surface area contributed by atoms with Crippen molar-refractivity contribution in [2.24, 2.45) is 0 Å². The molecule has 1 aromatic heterocycles. The summed E-state index contributed by atoms with van der Waals surface area (Å²) >= 11 is 0. The summed E-state index contributed by atoms with van der Waals surface area (Å²) in [6.45, 7) is 9.28. The molecule has 0 aliphatic rings. The number of furan rings is 1. The van der Waals surface area contributed by atoms with Crippen LogP contribution in [0.5, 0.6) is 0 Å². The van der Waals surface area contributed by atoms with Crippen LogP contribution in [0.25, 0.3) is 6.08 Å². The van der Waals surface area contributed by atoms with Crippen LogP contribution in [-0.4, -0.2) is 8.07 Å². The minimum absolute atomic E-state index is 0.913. The Labute approximate surface area is 93.5 Å². The molecular formula is C13H20OSi. The third kappa shape index (κ3) is 5.43. The molecule has 1 nitrogen and oxygen atoms in total. The Morgan fingerprint density at radius 1 is 1.40 bits per heavy atom. The van der Waals surface area contributed by atoms with Crippen molar-refractivity contribution in [2.45, 2.75) is 32.6 Å². The molecule has 15 heavy (non-hydrogen) atoms. The molecule has 0 aliphatic heterocycles. The molecule has 0 N–H and O–H groups in total. The van der Waals surface area contributed by atoms with E-state index < -0.39 is 8.07 Å². The van der Waals surface area contributed by atoms with Crippen molar-refractivity contribution >= 4 is 14.1 Å². The SMILES string of the molecule is CC(C=Cc1ccco1)=CC[Si](C)(C)C. The quantitative estimate of drug-likeness (QED) is 0.535. The first-order valence-electron chi connectivity index (χ1n) is 5.36. The van der Waals surface area contributed by atoms with Gasteiger partial charge in [-0.15, -0.1) is 0 Å². The molecular weight excluding hydrogens is 200 g/mol. The average molecular weight is 220 g/mol. The van der Waals surface area contributed by atoms with Gasteiger partial charge in [0, 0.05) is 8.07 Å². The van der Waals surface area contributed by atoms with E-state index in [1.54, 1.807) is 6.26 Å². The largest absolute Gasteiger partial charge is 0.465 e. The zero-order valence-electron chi connectivity index (χ0n) is 10.1. The summed E-state index contributed by atoms with van der Waals surface area (Å²) in [6, 6.07) is 5.10. The van der Waals surface area contributed by atoms with Crippen molar-refractivity contribution < 1.29 is 4.42 Å². The zero-order valence-corrected chi connectivity index (χ0v) is 11.1. The van der Waals surface area contributed by atoms with Gasteiger partial charge in [0.05, 0.1) is 6.26 Å². The fourth-order valence-corrected chi connectivity index (χ4v) is 2.07. The van der Waals surface area contributed by atoms with Crippen molar-refractivity contribution in [1.29, 1.82) is 0 Å². The highest BCUT2D eigenvalue weighted by molar-refractivity contribution is 6.76.